The van der Waals surface area contributed by atoms with Gasteiger partial charge in [0.15, 0.2) is 0 Å². The van der Waals surface area contributed by atoms with Crippen LogP contribution in [0.25, 0.3) is 0 Å². The normalized spacial score (nSPS) is 15.2. The fourth-order valence-electron chi connectivity index (χ4n) is 2.11. The highest BCUT2D eigenvalue weighted by molar-refractivity contribution is 9.10. The number of nitrogens with zero attached hydrogens (tertiary/aromatic N) is 1. The van der Waals surface area contributed by atoms with E-state index in [9.17, 15) is 4.79 Å². The van der Waals surface area contributed by atoms with Crippen molar-refractivity contribution >= 4 is 33.6 Å². The van der Waals surface area contributed by atoms with Crippen molar-refractivity contribution in [3.63, 3.8) is 0 Å². The van der Waals surface area contributed by atoms with Gasteiger partial charge in [-0.1, -0.05) is 15.9 Å². The Kier molecular flexibility index (Phi) is 4.73. The fourth-order valence-corrected chi connectivity index (χ4v) is 3.57. The summed E-state index contributed by atoms with van der Waals surface area (Å²) >= 11 is 5.18. The highest BCUT2D eigenvalue weighted by Crippen LogP contribution is 2.28. The van der Waals surface area contributed by atoms with Crippen LogP contribution in [-0.4, -0.2) is 29.6 Å². The van der Waals surface area contributed by atoms with Crippen LogP contribution >= 0.6 is 27.7 Å². The highest BCUT2D eigenvalue weighted by Gasteiger charge is 2.18. The lowest BCUT2D eigenvalue weighted by Gasteiger charge is -2.15. The average Bonchev–Trinajstić information content (AvgIpc) is 2.85. The smallest absolute Gasteiger partial charge is 0.232 e. The number of hydrogen-bond donors (Lipinski definition) is 0. The third-order valence-electron chi connectivity index (χ3n) is 3.27. The predicted octanol–water partition coefficient (Wildman–Crippen LogP) is 3.78. The molecule has 0 spiro atoms. The minimum atomic E-state index is 0.275. The molecular weight excluding hydrogens is 310 g/mol. The van der Waals surface area contributed by atoms with Crippen molar-refractivity contribution in [3.05, 3.63) is 27.7 Å². The number of aryl methyl sites for hydroxylation is 2. The summed E-state index contributed by atoms with van der Waals surface area (Å²) in [5.41, 5.74) is 2.45. The van der Waals surface area contributed by atoms with Crippen LogP contribution < -0.4 is 0 Å². The van der Waals surface area contributed by atoms with Gasteiger partial charge in [-0.3, -0.25) is 4.79 Å². The van der Waals surface area contributed by atoms with Gasteiger partial charge >= 0.3 is 0 Å². The third kappa shape index (κ3) is 3.29. The predicted molar refractivity (Wildman–Crippen MR) is 80.2 cm³/mol. The molecule has 0 radical (unpaired) electrons. The number of hydrogen-bond acceptors (Lipinski definition) is 2. The Hall–Kier alpha value is -0.480. The molecule has 0 N–H and O–H groups in total. The molecule has 2 rings (SSSR count). The molecule has 1 amide bonds. The molecule has 1 saturated heterocycles. The standard InChI is InChI=1S/C14H18BrNOS/c1-10-8-13(11(2)7-12(10)15)18-9-14(17)16-5-3-4-6-16/h7-8H,3-6,9H2,1-2H3. The van der Waals surface area contributed by atoms with E-state index in [-0.39, 0.29) is 5.91 Å². The number of likely N-dealkylation sites (tertiary alicyclic amines) is 1. The van der Waals surface area contributed by atoms with Crippen LogP contribution in [0.3, 0.4) is 0 Å². The lowest BCUT2D eigenvalue weighted by atomic mass is 10.2. The summed E-state index contributed by atoms with van der Waals surface area (Å²) in [5.74, 6) is 0.833. The van der Waals surface area contributed by atoms with E-state index in [1.807, 2.05) is 4.90 Å². The second kappa shape index (κ2) is 6.11. The van der Waals surface area contributed by atoms with Crippen LogP contribution in [0.5, 0.6) is 0 Å². The molecule has 1 fully saturated rings. The number of amides is 1. The first-order valence-corrected chi connectivity index (χ1v) is 8.03. The molecule has 0 bridgehead atoms. The summed E-state index contributed by atoms with van der Waals surface area (Å²) in [4.78, 5) is 15.2. The number of rotatable bonds is 3. The number of benzene rings is 1. The maximum atomic E-state index is 12.0. The SMILES string of the molecule is Cc1cc(SCC(=O)N2CCCC2)c(C)cc1Br. The van der Waals surface area contributed by atoms with E-state index in [0.717, 1.165) is 30.4 Å². The van der Waals surface area contributed by atoms with Gasteiger partial charge in [-0.05, 0) is 49.9 Å². The summed E-state index contributed by atoms with van der Waals surface area (Å²) in [6.07, 6.45) is 2.32. The van der Waals surface area contributed by atoms with Crippen LogP contribution in [-0.2, 0) is 4.79 Å². The fraction of sp³-hybridized carbons (Fsp3) is 0.500. The van der Waals surface area contributed by atoms with Gasteiger partial charge in [-0.15, -0.1) is 11.8 Å². The Bertz CT molecular complexity index is 455. The van der Waals surface area contributed by atoms with E-state index in [2.05, 4.69) is 41.9 Å². The first kappa shape index (κ1) is 13.9. The van der Waals surface area contributed by atoms with E-state index in [0.29, 0.717) is 5.75 Å². The van der Waals surface area contributed by atoms with Gasteiger partial charge in [-0.25, -0.2) is 0 Å². The minimum absolute atomic E-state index is 0.275. The second-order valence-corrected chi connectivity index (χ2v) is 6.61. The highest BCUT2D eigenvalue weighted by atomic mass is 79.9. The minimum Gasteiger partial charge on any atom is -0.342 e. The monoisotopic (exact) mass is 327 g/mol. The Labute approximate surface area is 121 Å². The average molecular weight is 328 g/mol. The van der Waals surface area contributed by atoms with Crippen LogP contribution in [0, 0.1) is 13.8 Å². The Balaban J connectivity index is 1.97. The zero-order valence-electron chi connectivity index (χ0n) is 10.8. The van der Waals surface area contributed by atoms with Crippen molar-refractivity contribution in [1.82, 2.24) is 4.90 Å². The molecule has 1 aromatic rings. The first-order valence-electron chi connectivity index (χ1n) is 6.25. The second-order valence-electron chi connectivity index (χ2n) is 4.74. The largest absolute Gasteiger partial charge is 0.342 e. The van der Waals surface area contributed by atoms with Crippen LogP contribution in [0.2, 0.25) is 0 Å². The van der Waals surface area contributed by atoms with Gasteiger partial charge in [0, 0.05) is 22.5 Å². The summed E-state index contributed by atoms with van der Waals surface area (Å²) in [7, 11) is 0. The van der Waals surface area contributed by atoms with Gasteiger partial charge in [0.05, 0.1) is 5.75 Å². The van der Waals surface area contributed by atoms with E-state index >= 15 is 0 Å². The van der Waals surface area contributed by atoms with Crippen molar-refractivity contribution in [3.8, 4) is 0 Å². The topological polar surface area (TPSA) is 20.3 Å². The van der Waals surface area contributed by atoms with Crippen LogP contribution in [0.15, 0.2) is 21.5 Å². The molecule has 1 aromatic carbocycles. The number of carbonyl (C=O) groups is 1. The quantitative estimate of drug-likeness (QED) is 0.787. The lowest BCUT2D eigenvalue weighted by Crippen LogP contribution is -2.29. The molecule has 0 aromatic heterocycles. The number of thioether (sulfide) groups is 1. The van der Waals surface area contributed by atoms with Gasteiger partial charge in [0.1, 0.15) is 0 Å². The summed E-state index contributed by atoms with van der Waals surface area (Å²) in [5, 5.41) is 0. The summed E-state index contributed by atoms with van der Waals surface area (Å²) in [6.45, 7) is 6.05. The maximum absolute atomic E-state index is 12.0. The van der Waals surface area contributed by atoms with Gasteiger partial charge in [-0.2, -0.15) is 0 Å². The molecule has 0 saturated carbocycles. The van der Waals surface area contributed by atoms with Gasteiger partial charge < -0.3 is 4.90 Å². The van der Waals surface area contributed by atoms with E-state index in [1.165, 1.54) is 16.0 Å². The van der Waals surface area contributed by atoms with Crippen molar-refractivity contribution in [2.24, 2.45) is 0 Å². The van der Waals surface area contributed by atoms with Crippen LogP contribution in [0.1, 0.15) is 24.0 Å². The zero-order valence-corrected chi connectivity index (χ0v) is 13.2. The molecule has 1 aliphatic rings. The number of carbonyl (C=O) groups excluding carboxylic acids is 1. The summed E-state index contributed by atoms with van der Waals surface area (Å²) in [6, 6.07) is 4.28. The van der Waals surface area contributed by atoms with Crippen molar-refractivity contribution in [2.45, 2.75) is 31.6 Å². The third-order valence-corrected chi connectivity index (χ3v) is 5.26. The maximum Gasteiger partial charge on any atom is 0.232 e. The molecule has 1 heterocycles. The zero-order chi connectivity index (χ0) is 13.1. The lowest BCUT2D eigenvalue weighted by molar-refractivity contribution is -0.127. The molecule has 18 heavy (non-hydrogen) atoms. The first-order chi connectivity index (χ1) is 8.58. The van der Waals surface area contributed by atoms with Gasteiger partial charge in [0.2, 0.25) is 5.91 Å². The molecule has 1 aliphatic heterocycles. The molecule has 4 heteroatoms. The van der Waals surface area contributed by atoms with Crippen LogP contribution in [0.4, 0.5) is 0 Å². The molecule has 2 nitrogen and oxygen atoms in total. The Morgan fingerprint density at radius 3 is 2.61 bits per heavy atom. The van der Waals surface area contributed by atoms with E-state index in [1.54, 1.807) is 11.8 Å². The molecular formula is C14H18BrNOS. The van der Waals surface area contributed by atoms with Crippen molar-refractivity contribution in [2.75, 3.05) is 18.8 Å². The molecule has 98 valence electrons. The number of halogens is 1. The van der Waals surface area contributed by atoms with E-state index in [4.69, 9.17) is 0 Å². The summed E-state index contributed by atoms with van der Waals surface area (Å²) < 4.78 is 1.13. The van der Waals surface area contributed by atoms with E-state index < -0.39 is 0 Å². The molecule has 0 aliphatic carbocycles. The Morgan fingerprint density at radius 2 is 1.94 bits per heavy atom. The van der Waals surface area contributed by atoms with Gasteiger partial charge in [0.25, 0.3) is 0 Å². The molecule has 0 atom stereocenters. The van der Waals surface area contributed by atoms with Crippen molar-refractivity contribution in [1.29, 1.82) is 0 Å². The molecule has 0 unspecified atom stereocenters. The van der Waals surface area contributed by atoms with Crippen molar-refractivity contribution < 1.29 is 4.79 Å². The Morgan fingerprint density at radius 1 is 1.28 bits per heavy atom.